The molecule has 2 fully saturated rings. The molecule has 1 aromatic carbocycles. The smallest absolute Gasteiger partial charge is 0.230 e. The zero-order valence-corrected chi connectivity index (χ0v) is 15.0. The normalized spacial score (nSPS) is 23.1. The molecule has 1 spiro atoms. The Kier molecular flexibility index (Phi) is 5.55. The van der Waals surface area contributed by atoms with Crippen molar-refractivity contribution in [3.8, 4) is 0 Å². The number of likely N-dealkylation sites (tertiary alicyclic amines) is 2. The van der Waals surface area contributed by atoms with E-state index in [1.807, 2.05) is 0 Å². The molecule has 0 radical (unpaired) electrons. The number of nitrogens with zero attached hydrogens (tertiary/aromatic N) is 2. The molecule has 0 aliphatic carbocycles. The van der Waals surface area contributed by atoms with Gasteiger partial charge in [0.15, 0.2) is 11.6 Å². The van der Waals surface area contributed by atoms with Crippen molar-refractivity contribution in [3.63, 3.8) is 0 Å². The first-order chi connectivity index (χ1) is 12.5. The minimum absolute atomic E-state index is 0.00942. The quantitative estimate of drug-likeness (QED) is 0.804. The van der Waals surface area contributed by atoms with Gasteiger partial charge in [-0.3, -0.25) is 9.59 Å². The third-order valence-corrected chi connectivity index (χ3v) is 5.44. The fourth-order valence-corrected chi connectivity index (χ4v) is 3.99. The molecule has 2 saturated heterocycles. The summed E-state index contributed by atoms with van der Waals surface area (Å²) < 4.78 is 32.3. The summed E-state index contributed by atoms with van der Waals surface area (Å²) in [5, 5.41) is 0. The van der Waals surface area contributed by atoms with Crippen LogP contribution in [0.5, 0.6) is 0 Å². The Morgan fingerprint density at radius 2 is 2.08 bits per heavy atom. The van der Waals surface area contributed by atoms with Crippen LogP contribution in [0.3, 0.4) is 0 Å². The van der Waals surface area contributed by atoms with E-state index in [4.69, 9.17) is 4.74 Å². The van der Waals surface area contributed by atoms with E-state index in [0.29, 0.717) is 39.1 Å². The van der Waals surface area contributed by atoms with E-state index in [-0.39, 0.29) is 23.9 Å². The van der Waals surface area contributed by atoms with Crippen LogP contribution in [0.15, 0.2) is 18.2 Å². The number of piperidine rings is 1. The van der Waals surface area contributed by atoms with Crippen molar-refractivity contribution in [3.05, 3.63) is 35.4 Å². The molecule has 2 aliphatic heterocycles. The third kappa shape index (κ3) is 3.58. The Labute approximate surface area is 151 Å². The lowest BCUT2D eigenvalue weighted by Crippen LogP contribution is -2.50. The number of benzene rings is 1. The molecule has 7 heteroatoms. The number of carbonyl (C=O) groups is 2. The Bertz CT molecular complexity index is 697. The van der Waals surface area contributed by atoms with Gasteiger partial charge in [0.2, 0.25) is 11.8 Å². The fraction of sp³-hybridized carbons (Fsp3) is 0.579. The predicted octanol–water partition coefficient (Wildman–Crippen LogP) is 2.34. The Balaban J connectivity index is 1.70. The molecule has 2 heterocycles. The van der Waals surface area contributed by atoms with Gasteiger partial charge in [-0.1, -0.05) is 12.1 Å². The summed E-state index contributed by atoms with van der Waals surface area (Å²) in [7, 11) is 1.55. The topological polar surface area (TPSA) is 49.9 Å². The van der Waals surface area contributed by atoms with E-state index >= 15 is 0 Å². The Morgan fingerprint density at radius 1 is 1.27 bits per heavy atom. The number of hydrogen-bond acceptors (Lipinski definition) is 3. The zero-order chi connectivity index (χ0) is 18.7. The lowest BCUT2D eigenvalue weighted by atomic mass is 9.78. The minimum atomic E-state index is -0.905. The van der Waals surface area contributed by atoms with Gasteiger partial charge in [-0.2, -0.15) is 0 Å². The maximum Gasteiger partial charge on any atom is 0.230 e. The average molecular weight is 366 g/mol. The molecule has 0 N–H and O–H groups in total. The van der Waals surface area contributed by atoms with Crippen LogP contribution in [-0.4, -0.2) is 55.0 Å². The fourth-order valence-electron chi connectivity index (χ4n) is 3.99. The lowest BCUT2D eigenvalue weighted by Gasteiger charge is -2.39. The van der Waals surface area contributed by atoms with Crippen molar-refractivity contribution in [2.75, 3.05) is 33.4 Å². The first-order valence-electron chi connectivity index (χ1n) is 8.96. The van der Waals surface area contributed by atoms with Crippen LogP contribution in [0.1, 0.15) is 31.2 Å². The number of carbonyl (C=O) groups excluding carboxylic acids is 2. The predicted molar refractivity (Wildman–Crippen MR) is 91.1 cm³/mol. The molecular weight excluding hydrogens is 342 g/mol. The number of ether oxygens (including phenoxy) is 1. The van der Waals surface area contributed by atoms with Crippen molar-refractivity contribution in [2.24, 2.45) is 5.41 Å². The second kappa shape index (κ2) is 7.70. The first kappa shape index (κ1) is 18.8. The summed E-state index contributed by atoms with van der Waals surface area (Å²) in [6.07, 6.45) is 2.44. The van der Waals surface area contributed by atoms with Crippen molar-refractivity contribution < 1.29 is 23.1 Å². The lowest BCUT2D eigenvalue weighted by molar-refractivity contribution is -0.147. The molecule has 3 rings (SSSR count). The molecule has 0 saturated carbocycles. The largest absolute Gasteiger partial charge is 0.384 e. The van der Waals surface area contributed by atoms with Gasteiger partial charge in [0, 0.05) is 38.9 Å². The summed E-state index contributed by atoms with van der Waals surface area (Å²) in [6.45, 7) is 1.89. The second-order valence-electron chi connectivity index (χ2n) is 7.13. The zero-order valence-electron chi connectivity index (χ0n) is 15.0. The Hall–Kier alpha value is -2.02. The van der Waals surface area contributed by atoms with Gasteiger partial charge in [0.25, 0.3) is 0 Å². The highest BCUT2D eigenvalue weighted by molar-refractivity contribution is 5.86. The summed E-state index contributed by atoms with van der Waals surface area (Å²) in [5.74, 6) is -1.88. The van der Waals surface area contributed by atoms with Gasteiger partial charge in [0.1, 0.15) is 0 Å². The molecule has 2 aliphatic rings. The van der Waals surface area contributed by atoms with E-state index < -0.39 is 17.0 Å². The van der Waals surface area contributed by atoms with Crippen LogP contribution in [0.4, 0.5) is 8.78 Å². The van der Waals surface area contributed by atoms with Gasteiger partial charge in [-0.05, 0) is 25.3 Å². The van der Waals surface area contributed by atoms with Crippen LogP contribution in [-0.2, 0) is 20.9 Å². The van der Waals surface area contributed by atoms with Crippen LogP contribution in [0, 0.1) is 17.0 Å². The monoisotopic (exact) mass is 366 g/mol. The average Bonchev–Trinajstić information content (AvgIpc) is 3.06. The highest BCUT2D eigenvalue weighted by Crippen LogP contribution is 2.40. The SMILES string of the molecule is COCCC(=O)N1CC[C@]2(CCCN(Cc3cccc(F)c3F)C2=O)C1. The molecule has 0 unspecified atom stereocenters. The molecule has 26 heavy (non-hydrogen) atoms. The summed E-state index contributed by atoms with van der Waals surface area (Å²) in [5.41, 5.74) is -0.411. The maximum atomic E-state index is 14.0. The van der Waals surface area contributed by atoms with Gasteiger partial charge in [-0.25, -0.2) is 8.78 Å². The van der Waals surface area contributed by atoms with Crippen LogP contribution < -0.4 is 0 Å². The van der Waals surface area contributed by atoms with Crippen molar-refractivity contribution in [1.29, 1.82) is 0 Å². The molecule has 0 aromatic heterocycles. The van der Waals surface area contributed by atoms with Gasteiger partial charge < -0.3 is 14.5 Å². The molecule has 1 atom stereocenters. The van der Waals surface area contributed by atoms with E-state index in [2.05, 4.69) is 0 Å². The van der Waals surface area contributed by atoms with Gasteiger partial charge >= 0.3 is 0 Å². The number of methoxy groups -OCH3 is 1. The Morgan fingerprint density at radius 3 is 2.85 bits per heavy atom. The number of hydrogen-bond donors (Lipinski definition) is 0. The van der Waals surface area contributed by atoms with Gasteiger partial charge in [-0.15, -0.1) is 0 Å². The molecule has 0 bridgehead atoms. The molecule has 5 nitrogen and oxygen atoms in total. The molecule has 2 amide bonds. The maximum absolute atomic E-state index is 14.0. The molecule has 142 valence electrons. The molecule has 1 aromatic rings. The minimum Gasteiger partial charge on any atom is -0.384 e. The van der Waals surface area contributed by atoms with Gasteiger partial charge in [0.05, 0.1) is 18.4 Å². The number of rotatable bonds is 5. The van der Waals surface area contributed by atoms with E-state index in [9.17, 15) is 18.4 Å². The van der Waals surface area contributed by atoms with E-state index in [1.165, 1.54) is 12.1 Å². The highest BCUT2D eigenvalue weighted by atomic mass is 19.2. The van der Waals surface area contributed by atoms with Crippen molar-refractivity contribution >= 4 is 11.8 Å². The summed E-state index contributed by atoms with van der Waals surface area (Å²) in [4.78, 5) is 28.6. The van der Waals surface area contributed by atoms with Crippen LogP contribution >= 0.6 is 0 Å². The standard InChI is InChI=1S/C19H24F2N2O3/c1-26-11-6-16(24)23-10-8-19(13-23)7-3-9-22(18(19)25)12-14-4-2-5-15(20)17(14)21/h2,4-5H,3,6-13H2,1H3/t19-/m1/s1. The third-order valence-electron chi connectivity index (χ3n) is 5.44. The van der Waals surface area contributed by atoms with Crippen molar-refractivity contribution in [2.45, 2.75) is 32.2 Å². The molecular formula is C19H24F2N2O3. The second-order valence-corrected chi connectivity index (χ2v) is 7.13. The summed E-state index contributed by atoms with van der Waals surface area (Å²) in [6, 6.07) is 4.02. The highest BCUT2D eigenvalue weighted by Gasteiger charge is 2.49. The number of halogens is 2. The van der Waals surface area contributed by atoms with E-state index in [0.717, 1.165) is 18.9 Å². The summed E-state index contributed by atoms with van der Waals surface area (Å²) >= 11 is 0. The van der Waals surface area contributed by atoms with Crippen LogP contribution in [0.25, 0.3) is 0 Å². The number of amides is 2. The first-order valence-corrected chi connectivity index (χ1v) is 8.96. The van der Waals surface area contributed by atoms with Crippen molar-refractivity contribution in [1.82, 2.24) is 9.80 Å². The van der Waals surface area contributed by atoms with E-state index in [1.54, 1.807) is 16.9 Å². The van der Waals surface area contributed by atoms with Crippen LogP contribution in [0.2, 0.25) is 0 Å².